The second kappa shape index (κ2) is 7.68. The Kier molecular flexibility index (Phi) is 5.88. The number of nitrogens with one attached hydrogen (secondary N) is 1. The largest absolute Gasteiger partial charge is 0.396 e. The number of ether oxygens (including phenoxy) is 1. The fraction of sp³-hybridized carbons (Fsp3) is 0.235. The van der Waals surface area contributed by atoms with Crippen LogP contribution in [0.1, 0.15) is 29.8 Å². The molecule has 2 rings (SSSR count). The molecule has 0 aliphatic heterocycles. The minimum Gasteiger partial charge on any atom is -0.396 e. The first-order chi connectivity index (χ1) is 10.9. The van der Waals surface area contributed by atoms with Gasteiger partial charge in [-0.25, -0.2) is 0 Å². The molecule has 0 aliphatic rings. The summed E-state index contributed by atoms with van der Waals surface area (Å²) < 4.78 is 5.52. The van der Waals surface area contributed by atoms with Gasteiger partial charge < -0.3 is 15.8 Å². The van der Waals surface area contributed by atoms with E-state index < -0.39 is 0 Å². The molecule has 0 spiro atoms. The van der Waals surface area contributed by atoms with Gasteiger partial charge in [0.25, 0.3) is 5.91 Å². The summed E-state index contributed by atoms with van der Waals surface area (Å²) in [5, 5.41) is 3.34. The predicted molar refractivity (Wildman–Crippen MR) is 95.2 cm³/mol. The van der Waals surface area contributed by atoms with Crippen molar-refractivity contribution in [3.05, 3.63) is 57.6 Å². The van der Waals surface area contributed by atoms with Crippen LogP contribution in [0.25, 0.3) is 0 Å². The number of hydrogen-bond acceptors (Lipinski definition) is 3. The van der Waals surface area contributed by atoms with Gasteiger partial charge in [-0.15, -0.1) is 0 Å². The van der Waals surface area contributed by atoms with Crippen LogP contribution in [0.3, 0.4) is 0 Å². The molecule has 2 aromatic carbocycles. The van der Waals surface area contributed by atoms with Gasteiger partial charge >= 0.3 is 0 Å². The zero-order valence-electron chi connectivity index (χ0n) is 12.9. The van der Waals surface area contributed by atoms with E-state index >= 15 is 0 Å². The van der Waals surface area contributed by atoms with Gasteiger partial charge in [0.2, 0.25) is 0 Å². The lowest BCUT2D eigenvalue weighted by atomic mass is 10.1. The molecule has 0 radical (unpaired) electrons. The quantitative estimate of drug-likeness (QED) is 0.762. The van der Waals surface area contributed by atoms with Gasteiger partial charge in [0, 0.05) is 11.3 Å². The summed E-state index contributed by atoms with van der Waals surface area (Å²) in [6.07, 6.45) is 0.165. The number of benzene rings is 2. The number of nitrogens with two attached hydrogens (primary N) is 1. The fourth-order valence-corrected chi connectivity index (χ4v) is 2.36. The number of amides is 1. The molecule has 4 nitrogen and oxygen atoms in total. The highest BCUT2D eigenvalue weighted by Gasteiger charge is 2.10. The van der Waals surface area contributed by atoms with Crippen molar-refractivity contribution in [2.24, 2.45) is 0 Å². The molecular weight excluding hydrogens is 335 g/mol. The molecule has 6 heteroatoms. The predicted octanol–water partition coefficient (Wildman–Crippen LogP) is 4.75. The Bertz CT molecular complexity index is 677. The average Bonchev–Trinajstić information content (AvgIpc) is 2.51. The summed E-state index contributed by atoms with van der Waals surface area (Å²) in [6, 6.07) is 10.3. The molecule has 23 heavy (non-hydrogen) atoms. The Morgan fingerprint density at radius 3 is 2.26 bits per heavy atom. The van der Waals surface area contributed by atoms with Crippen molar-refractivity contribution in [3.63, 3.8) is 0 Å². The van der Waals surface area contributed by atoms with E-state index in [1.54, 1.807) is 24.3 Å². The van der Waals surface area contributed by atoms with Crippen molar-refractivity contribution < 1.29 is 9.53 Å². The molecule has 3 N–H and O–H groups in total. The van der Waals surface area contributed by atoms with Crippen LogP contribution in [0, 0.1) is 0 Å². The van der Waals surface area contributed by atoms with E-state index in [1.165, 1.54) is 0 Å². The Morgan fingerprint density at radius 1 is 1.17 bits per heavy atom. The van der Waals surface area contributed by atoms with E-state index in [0.29, 0.717) is 33.6 Å². The third kappa shape index (κ3) is 4.86. The van der Waals surface area contributed by atoms with Gasteiger partial charge in [0.15, 0.2) is 0 Å². The molecule has 122 valence electrons. The fourth-order valence-electron chi connectivity index (χ4n) is 1.87. The number of anilines is 2. The van der Waals surface area contributed by atoms with E-state index in [4.69, 9.17) is 33.7 Å². The van der Waals surface area contributed by atoms with E-state index in [9.17, 15) is 4.79 Å². The Balaban J connectivity index is 2.06. The Hall–Kier alpha value is -1.75. The van der Waals surface area contributed by atoms with Crippen molar-refractivity contribution in [2.45, 2.75) is 26.6 Å². The lowest BCUT2D eigenvalue weighted by Crippen LogP contribution is -2.12. The summed E-state index contributed by atoms with van der Waals surface area (Å²) in [7, 11) is 0. The summed E-state index contributed by atoms with van der Waals surface area (Å²) in [4.78, 5) is 12.2. The summed E-state index contributed by atoms with van der Waals surface area (Å²) in [6.45, 7) is 4.47. The maximum absolute atomic E-state index is 12.2. The normalized spacial score (nSPS) is 10.8. The maximum atomic E-state index is 12.2. The van der Waals surface area contributed by atoms with Gasteiger partial charge in [-0.05, 0) is 43.7 Å². The van der Waals surface area contributed by atoms with Crippen LogP contribution in [0.15, 0.2) is 36.4 Å². The lowest BCUT2D eigenvalue weighted by molar-refractivity contribution is 0.0657. The SMILES string of the molecule is CC(C)OCc1ccc(C(=O)Nc2cc(Cl)c(N)c(Cl)c2)cc1. The molecular formula is C17H18Cl2N2O2. The molecule has 0 atom stereocenters. The van der Waals surface area contributed by atoms with Gasteiger partial charge in [-0.3, -0.25) is 4.79 Å². The molecule has 0 saturated heterocycles. The van der Waals surface area contributed by atoms with Crippen molar-refractivity contribution in [2.75, 3.05) is 11.1 Å². The van der Waals surface area contributed by atoms with Crippen molar-refractivity contribution in [1.82, 2.24) is 0 Å². The number of nitrogen functional groups attached to an aromatic ring is 1. The van der Waals surface area contributed by atoms with E-state index in [-0.39, 0.29) is 12.0 Å². The smallest absolute Gasteiger partial charge is 0.255 e. The van der Waals surface area contributed by atoms with Crippen LogP contribution in [0.2, 0.25) is 10.0 Å². The monoisotopic (exact) mass is 352 g/mol. The standard InChI is InChI=1S/C17H18Cl2N2O2/c1-10(2)23-9-11-3-5-12(6-4-11)17(22)21-13-7-14(18)16(20)15(19)8-13/h3-8,10H,9,20H2,1-2H3,(H,21,22). The van der Waals surface area contributed by atoms with E-state index in [2.05, 4.69) is 5.32 Å². The number of hydrogen-bond donors (Lipinski definition) is 2. The van der Waals surface area contributed by atoms with Crippen LogP contribution in [-0.4, -0.2) is 12.0 Å². The Morgan fingerprint density at radius 2 is 1.74 bits per heavy atom. The van der Waals surface area contributed by atoms with Crippen LogP contribution in [-0.2, 0) is 11.3 Å². The van der Waals surface area contributed by atoms with Crippen molar-refractivity contribution in [3.8, 4) is 0 Å². The molecule has 0 unspecified atom stereocenters. The zero-order valence-corrected chi connectivity index (χ0v) is 14.4. The first kappa shape index (κ1) is 17.6. The summed E-state index contributed by atoms with van der Waals surface area (Å²) in [5.41, 5.74) is 7.99. The average molecular weight is 353 g/mol. The van der Waals surface area contributed by atoms with Gasteiger partial charge in [-0.1, -0.05) is 35.3 Å². The Labute approximate surface area is 145 Å². The highest BCUT2D eigenvalue weighted by Crippen LogP contribution is 2.31. The molecule has 1 amide bonds. The van der Waals surface area contributed by atoms with Crippen LogP contribution in [0.5, 0.6) is 0 Å². The van der Waals surface area contributed by atoms with Crippen molar-refractivity contribution >= 4 is 40.5 Å². The second-order valence-corrected chi connectivity index (χ2v) is 6.18. The summed E-state index contributed by atoms with van der Waals surface area (Å²) >= 11 is 11.9. The molecule has 0 saturated carbocycles. The second-order valence-electron chi connectivity index (χ2n) is 5.36. The first-order valence-corrected chi connectivity index (χ1v) is 7.89. The molecule has 0 bridgehead atoms. The minimum atomic E-state index is -0.252. The molecule has 0 heterocycles. The van der Waals surface area contributed by atoms with Crippen LogP contribution < -0.4 is 11.1 Å². The topological polar surface area (TPSA) is 64.3 Å². The number of carbonyl (C=O) groups excluding carboxylic acids is 1. The third-order valence-corrected chi connectivity index (χ3v) is 3.76. The molecule has 0 aromatic heterocycles. The van der Waals surface area contributed by atoms with Crippen LogP contribution in [0.4, 0.5) is 11.4 Å². The van der Waals surface area contributed by atoms with E-state index in [1.807, 2.05) is 26.0 Å². The number of halogens is 2. The lowest BCUT2D eigenvalue weighted by Gasteiger charge is -2.10. The van der Waals surface area contributed by atoms with Crippen LogP contribution >= 0.6 is 23.2 Å². The number of carbonyl (C=O) groups is 1. The molecule has 0 fully saturated rings. The third-order valence-electron chi connectivity index (χ3n) is 3.14. The van der Waals surface area contributed by atoms with Crippen molar-refractivity contribution in [1.29, 1.82) is 0 Å². The molecule has 2 aromatic rings. The van der Waals surface area contributed by atoms with Gasteiger partial charge in [0.05, 0.1) is 28.4 Å². The zero-order chi connectivity index (χ0) is 17.0. The highest BCUT2D eigenvalue weighted by molar-refractivity contribution is 6.39. The number of rotatable bonds is 5. The minimum absolute atomic E-state index is 0.165. The maximum Gasteiger partial charge on any atom is 0.255 e. The van der Waals surface area contributed by atoms with E-state index in [0.717, 1.165) is 5.56 Å². The van der Waals surface area contributed by atoms with Gasteiger partial charge in [0.1, 0.15) is 0 Å². The first-order valence-electron chi connectivity index (χ1n) is 7.13. The van der Waals surface area contributed by atoms with Gasteiger partial charge in [-0.2, -0.15) is 0 Å². The summed E-state index contributed by atoms with van der Waals surface area (Å²) in [5.74, 6) is -0.252. The molecule has 0 aliphatic carbocycles. The highest BCUT2D eigenvalue weighted by atomic mass is 35.5.